The standard InChI is InChI=1S/C5H9FO2/c1-4(6)3-8-5(2)7/h4H,3H2,1-2H3. The van der Waals surface area contributed by atoms with Gasteiger partial charge in [-0.25, -0.2) is 4.39 Å². The van der Waals surface area contributed by atoms with Crippen molar-refractivity contribution in [1.29, 1.82) is 0 Å². The third-order valence-electron chi connectivity index (χ3n) is 0.516. The van der Waals surface area contributed by atoms with E-state index in [9.17, 15) is 9.18 Å². The second kappa shape index (κ2) is 3.41. The average molecular weight is 120 g/mol. The first-order valence-electron chi connectivity index (χ1n) is 2.40. The third-order valence-corrected chi connectivity index (χ3v) is 0.516. The van der Waals surface area contributed by atoms with E-state index in [1.54, 1.807) is 0 Å². The van der Waals surface area contributed by atoms with Crippen LogP contribution in [0, 0.1) is 0 Å². The zero-order valence-corrected chi connectivity index (χ0v) is 4.98. The van der Waals surface area contributed by atoms with Crippen LogP contribution in [0.5, 0.6) is 0 Å². The van der Waals surface area contributed by atoms with E-state index in [1.807, 2.05) is 0 Å². The van der Waals surface area contributed by atoms with Crippen LogP contribution >= 0.6 is 0 Å². The summed E-state index contributed by atoms with van der Waals surface area (Å²) in [6, 6.07) is 0. The van der Waals surface area contributed by atoms with Crippen molar-refractivity contribution in [3.05, 3.63) is 0 Å². The molecule has 0 spiro atoms. The summed E-state index contributed by atoms with van der Waals surface area (Å²) in [4.78, 5) is 9.96. The number of esters is 1. The summed E-state index contributed by atoms with van der Waals surface area (Å²) in [5.41, 5.74) is 0. The van der Waals surface area contributed by atoms with Crippen LogP contribution in [-0.2, 0) is 9.53 Å². The Kier molecular flexibility index (Phi) is 3.15. The molecule has 0 N–H and O–H groups in total. The van der Waals surface area contributed by atoms with Crippen molar-refractivity contribution >= 4 is 5.97 Å². The summed E-state index contributed by atoms with van der Waals surface area (Å²) in [5, 5.41) is 0. The number of ether oxygens (including phenoxy) is 1. The van der Waals surface area contributed by atoms with Crippen molar-refractivity contribution in [3.8, 4) is 0 Å². The predicted molar refractivity (Wildman–Crippen MR) is 27.2 cm³/mol. The summed E-state index contributed by atoms with van der Waals surface area (Å²) in [6.45, 7) is 2.46. The van der Waals surface area contributed by atoms with E-state index < -0.39 is 12.1 Å². The second-order valence-corrected chi connectivity index (χ2v) is 1.58. The molecule has 0 amide bonds. The molecule has 1 atom stereocenters. The number of alkyl halides is 1. The number of halogens is 1. The molecule has 0 aromatic rings. The number of rotatable bonds is 2. The first kappa shape index (κ1) is 7.40. The number of carbonyl (C=O) groups is 1. The number of hydrogen-bond donors (Lipinski definition) is 0. The first-order chi connectivity index (χ1) is 3.63. The monoisotopic (exact) mass is 120 g/mol. The Bertz CT molecular complexity index is 80.5. The Morgan fingerprint density at radius 1 is 1.88 bits per heavy atom. The molecule has 8 heavy (non-hydrogen) atoms. The fourth-order valence-electron chi connectivity index (χ4n) is 0.232. The molecule has 0 radical (unpaired) electrons. The van der Waals surface area contributed by atoms with Gasteiger partial charge in [0.05, 0.1) is 0 Å². The smallest absolute Gasteiger partial charge is 0.302 e. The molecule has 0 fully saturated rings. The molecule has 2 nitrogen and oxygen atoms in total. The van der Waals surface area contributed by atoms with Crippen LogP contribution in [0.15, 0.2) is 0 Å². The van der Waals surface area contributed by atoms with Crippen LogP contribution in [0.2, 0.25) is 0 Å². The Morgan fingerprint density at radius 2 is 2.38 bits per heavy atom. The van der Waals surface area contributed by atoms with Gasteiger partial charge >= 0.3 is 5.97 Å². The maximum Gasteiger partial charge on any atom is 0.302 e. The molecule has 0 aromatic carbocycles. The van der Waals surface area contributed by atoms with Crippen LogP contribution in [0.1, 0.15) is 13.8 Å². The highest BCUT2D eigenvalue weighted by Gasteiger charge is 1.98. The van der Waals surface area contributed by atoms with Crippen LogP contribution in [-0.4, -0.2) is 18.7 Å². The average Bonchev–Trinajstić information content (AvgIpc) is 1.61. The topological polar surface area (TPSA) is 26.3 Å². The Labute approximate surface area is 47.6 Å². The van der Waals surface area contributed by atoms with Gasteiger partial charge in [-0.1, -0.05) is 0 Å². The normalized spacial score (nSPS) is 12.9. The fourth-order valence-corrected chi connectivity index (χ4v) is 0.232. The maximum atomic E-state index is 11.8. The summed E-state index contributed by atoms with van der Waals surface area (Å²) in [5.74, 6) is -0.436. The molecule has 48 valence electrons. The molecular formula is C5H9FO2. The molecule has 0 aliphatic carbocycles. The lowest BCUT2D eigenvalue weighted by Crippen LogP contribution is -2.08. The van der Waals surface area contributed by atoms with Gasteiger partial charge in [0.25, 0.3) is 0 Å². The number of carbonyl (C=O) groups excluding carboxylic acids is 1. The van der Waals surface area contributed by atoms with Crippen LogP contribution in [0.4, 0.5) is 4.39 Å². The minimum absolute atomic E-state index is 0.130. The van der Waals surface area contributed by atoms with E-state index in [1.165, 1.54) is 13.8 Å². The molecular weight excluding hydrogens is 111 g/mol. The SMILES string of the molecule is CC(=O)OCC(C)F. The zero-order valence-electron chi connectivity index (χ0n) is 4.98. The van der Waals surface area contributed by atoms with E-state index in [0.29, 0.717) is 0 Å². The van der Waals surface area contributed by atoms with Crippen molar-refractivity contribution in [2.24, 2.45) is 0 Å². The van der Waals surface area contributed by atoms with E-state index in [-0.39, 0.29) is 6.61 Å². The van der Waals surface area contributed by atoms with E-state index in [4.69, 9.17) is 0 Å². The predicted octanol–water partition coefficient (Wildman–Crippen LogP) is 0.907. The lowest BCUT2D eigenvalue weighted by molar-refractivity contribution is -0.142. The van der Waals surface area contributed by atoms with Gasteiger partial charge in [-0.15, -0.1) is 0 Å². The molecule has 0 saturated heterocycles. The highest BCUT2D eigenvalue weighted by atomic mass is 19.1. The summed E-state index contributed by atoms with van der Waals surface area (Å²) < 4.78 is 16.1. The molecule has 3 heteroatoms. The van der Waals surface area contributed by atoms with Gasteiger partial charge in [0.1, 0.15) is 12.8 Å². The molecule has 0 aliphatic heterocycles. The van der Waals surface area contributed by atoms with Crippen molar-refractivity contribution in [3.63, 3.8) is 0 Å². The lowest BCUT2D eigenvalue weighted by atomic mass is 10.5. The minimum atomic E-state index is -1.06. The maximum absolute atomic E-state index is 11.8. The molecule has 0 heterocycles. The van der Waals surface area contributed by atoms with Gasteiger partial charge in [-0.3, -0.25) is 4.79 Å². The van der Waals surface area contributed by atoms with E-state index in [2.05, 4.69) is 4.74 Å². The minimum Gasteiger partial charge on any atom is -0.463 e. The van der Waals surface area contributed by atoms with Crippen LogP contribution < -0.4 is 0 Å². The molecule has 0 rings (SSSR count). The summed E-state index contributed by atoms with van der Waals surface area (Å²) in [6.07, 6.45) is -1.06. The summed E-state index contributed by atoms with van der Waals surface area (Å²) in [7, 11) is 0. The molecule has 0 saturated carbocycles. The Balaban J connectivity index is 3.05. The third kappa shape index (κ3) is 5.40. The molecule has 0 bridgehead atoms. The lowest BCUT2D eigenvalue weighted by Gasteiger charge is -1.99. The van der Waals surface area contributed by atoms with Gasteiger partial charge in [0, 0.05) is 6.92 Å². The van der Waals surface area contributed by atoms with Gasteiger partial charge < -0.3 is 4.74 Å². The number of hydrogen-bond acceptors (Lipinski definition) is 2. The van der Waals surface area contributed by atoms with E-state index in [0.717, 1.165) is 0 Å². The van der Waals surface area contributed by atoms with Crippen LogP contribution in [0.25, 0.3) is 0 Å². The van der Waals surface area contributed by atoms with Crippen molar-refractivity contribution in [2.75, 3.05) is 6.61 Å². The molecule has 1 unspecified atom stereocenters. The Hall–Kier alpha value is -0.600. The van der Waals surface area contributed by atoms with Gasteiger partial charge in [-0.05, 0) is 6.92 Å². The van der Waals surface area contributed by atoms with Crippen molar-refractivity contribution in [1.82, 2.24) is 0 Å². The Morgan fingerprint density at radius 3 is 2.50 bits per heavy atom. The second-order valence-electron chi connectivity index (χ2n) is 1.58. The molecule has 0 aliphatic rings. The first-order valence-corrected chi connectivity index (χ1v) is 2.40. The van der Waals surface area contributed by atoms with Crippen molar-refractivity contribution in [2.45, 2.75) is 20.0 Å². The molecule has 0 aromatic heterocycles. The van der Waals surface area contributed by atoms with Gasteiger partial charge in [0.2, 0.25) is 0 Å². The van der Waals surface area contributed by atoms with Gasteiger partial charge in [-0.2, -0.15) is 0 Å². The largest absolute Gasteiger partial charge is 0.463 e. The van der Waals surface area contributed by atoms with Crippen molar-refractivity contribution < 1.29 is 13.9 Å². The zero-order chi connectivity index (χ0) is 6.57. The summed E-state index contributed by atoms with van der Waals surface area (Å²) >= 11 is 0. The van der Waals surface area contributed by atoms with Crippen LogP contribution in [0.3, 0.4) is 0 Å². The fraction of sp³-hybridized carbons (Fsp3) is 0.800. The van der Waals surface area contributed by atoms with E-state index >= 15 is 0 Å². The highest BCUT2D eigenvalue weighted by Crippen LogP contribution is 1.88. The van der Waals surface area contributed by atoms with Gasteiger partial charge in [0.15, 0.2) is 0 Å². The quantitative estimate of drug-likeness (QED) is 0.506. The highest BCUT2D eigenvalue weighted by molar-refractivity contribution is 5.65.